The van der Waals surface area contributed by atoms with Gasteiger partial charge in [0.05, 0.1) is 11.1 Å². The Morgan fingerprint density at radius 3 is 1.93 bits per heavy atom. The fraction of sp³-hybridized carbons (Fsp3) is 0. The van der Waals surface area contributed by atoms with Gasteiger partial charge in [-0.2, -0.15) is 5.26 Å². The lowest BCUT2D eigenvalue weighted by Gasteiger charge is -2.02. The van der Waals surface area contributed by atoms with Gasteiger partial charge in [-0.05, 0) is 18.2 Å². The molecule has 6 nitrogen and oxygen atoms in total. The minimum Gasteiger partial charge on any atom is -0.478 e. The molecule has 1 rings (SSSR count). The highest BCUT2D eigenvalue weighted by Crippen LogP contribution is 2.15. The van der Waals surface area contributed by atoms with Crippen LogP contribution < -0.4 is 5.32 Å². The fourth-order valence-corrected chi connectivity index (χ4v) is 1.01. The van der Waals surface area contributed by atoms with Crippen molar-refractivity contribution >= 4 is 17.6 Å². The molecule has 1 aromatic carbocycles. The minimum atomic E-state index is -1.25. The second kappa shape index (κ2) is 4.11. The molecule has 15 heavy (non-hydrogen) atoms. The van der Waals surface area contributed by atoms with Gasteiger partial charge in [0, 0.05) is 5.69 Å². The Balaban J connectivity index is 3.27. The highest BCUT2D eigenvalue weighted by atomic mass is 16.4. The summed E-state index contributed by atoms with van der Waals surface area (Å²) in [6.45, 7) is 0. The number of hydrogen-bond donors (Lipinski definition) is 3. The highest BCUT2D eigenvalue weighted by molar-refractivity contribution is 5.95. The van der Waals surface area contributed by atoms with Crippen molar-refractivity contribution < 1.29 is 19.8 Å². The molecule has 0 atom stereocenters. The molecule has 6 heteroatoms. The summed E-state index contributed by atoms with van der Waals surface area (Å²) in [5, 5.41) is 27.9. The van der Waals surface area contributed by atoms with Crippen LogP contribution in [0.2, 0.25) is 0 Å². The lowest BCUT2D eigenvalue weighted by Crippen LogP contribution is -2.03. The molecule has 0 aliphatic rings. The van der Waals surface area contributed by atoms with Crippen molar-refractivity contribution in [2.75, 3.05) is 5.32 Å². The Hall–Kier alpha value is -2.55. The maximum atomic E-state index is 10.6. The first-order valence-corrected chi connectivity index (χ1v) is 3.81. The SMILES string of the molecule is N#CNc1cc(C(=O)O)cc(C(=O)O)c1. The lowest BCUT2D eigenvalue weighted by molar-refractivity contribution is 0.0696. The molecule has 0 saturated heterocycles. The second-order valence-electron chi connectivity index (χ2n) is 2.65. The molecule has 0 aliphatic carbocycles. The van der Waals surface area contributed by atoms with Crippen molar-refractivity contribution in [3.05, 3.63) is 29.3 Å². The Labute approximate surface area is 84.4 Å². The minimum absolute atomic E-state index is 0.134. The molecule has 0 aliphatic heterocycles. The lowest BCUT2D eigenvalue weighted by atomic mass is 10.1. The van der Waals surface area contributed by atoms with Crippen molar-refractivity contribution in [2.45, 2.75) is 0 Å². The molecule has 0 aromatic heterocycles. The summed E-state index contributed by atoms with van der Waals surface area (Å²) in [5.74, 6) is -2.50. The molecule has 0 spiro atoms. The van der Waals surface area contributed by atoms with E-state index in [1.807, 2.05) is 0 Å². The van der Waals surface area contributed by atoms with Crippen LogP contribution in [0.1, 0.15) is 20.7 Å². The molecule has 0 fully saturated rings. The third kappa shape index (κ3) is 2.45. The van der Waals surface area contributed by atoms with Crippen LogP contribution in [0.3, 0.4) is 0 Å². The monoisotopic (exact) mass is 206 g/mol. The zero-order valence-corrected chi connectivity index (χ0v) is 7.39. The molecule has 0 heterocycles. The van der Waals surface area contributed by atoms with Crippen molar-refractivity contribution in [3.8, 4) is 6.19 Å². The number of nitrogens with zero attached hydrogens (tertiary/aromatic N) is 1. The molecule has 0 bridgehead atoms. The van der Waals surface area contributed by atoms with Crippen LogP contribution in [0.15, 0.2) is 18.2 Å². The third-order valence-electron chi connectivity index (χ3n) is 1.63. The number of aromatic carboxylic acids is 2. The van der Waals surface area contributed by atoms with E-state index in [0.717, 1.165) is 6.07 Å². The van der Waals surface area contributed by atoms with Crippen molar-refractivity contribution in [3.63, 3.8) is 0 Å². The average molecular weight is 206 g/mol. The van der Waals surface area contributed by atoms with Crippen LogP contribution in [0, 0.1) is 11.5 Å². The molecular weight excluding hydrogens is 200 g/mol. The van der Waals surface area contributed by atoms with Gasteiger partial charge in [0.1, 0.15) is 0 Å². The van der Waals surface area contributed by atoms with Crippen molar-refractivity contribution in [2.24, 2.45) is 0 Å². The number of nitrogens with one attached hydrogen (secondary N) is 1. The first-order chi connectivity index (χ1) is 7.04. The topological polar surface area (TPSA) is 110 Å². The molecule has 1 aromatic rings. The second-order valence-corrected chi connectivity index (χ2v) is 2.65. The van der Waals surface area contributed by atoms with Gasteiger partial charge in [0.2, 0.25) is 0 Å². The fourth-order valence-electron chi connectivity index (χ4n) is 1.01. The molecule has 0 amide bonds. The van der Waals surface area contributed by atoms with Crippen LogP contribution in [0.25, 0.3) is 0 Å². The Morgan fingerprint density at radius 1 is 1.13 bits per heavy atom. The third-order valence-corrected chi connectivity index (χ3v) is 1.63. The van der Waals surface area contributed by atoms with Gasteiger partial charge in [0.15, 0.2) is 6.19 Å². The van der Waals surface area contributed by atoms with Crippen LogP contribution in [0.5, 0.6) is 0 Å². The highest BCUT2D eigenvalue weighted by Gasteiger charge is 2.10. The number of anilines is 1. The molecule has 0 saturated carbocycles. The smallest absolute Gasteiger partial charge is 0.335 e. The Morgan fingerprint density at radius 2 is 1.60 bits per heavy atom. The van der Waals surface area contributed by atoms with E-state index in [0.29, 0.717) is 0 Å². The van der Waals surface area contributed by atoms with E-state index >= 15 is 0 Å². The largest absolute Gasteiger partial charge is 0.478 e. The zero-order chi connectivity index (χ0) is 11.4. The molecule has 0 radical (unpaired) electrons. The van der Waals surface area contributed by atoms with E-state index in [1.54, 1.807) is 6.19 Å². The molecular formula is C9H6N2O4. The Bertz CT molecular complexity index is 429. The summed E-state index contributed by atoms with van der Waals surface area (Å²) < 4.78 is 0. The van der Waals surface area contributed by atoms with Crippen LogP contribution >= 0.6 is 0 Å². The number of carbonyl (C=O) groups is 2. The van der Waals surface area contributed by atoms with E-state index in [4.69, 9.17) is 15.5 Å². The number of nitriles is 1. The zero-order valence-electron chi connectivity index (χ0n) is 7.39. The maximum absolute atomic E-state index is 10.6. The summed E-state index contributed by atoms with van der Waals surface area (Å²) in [4.78, 5) is 21.3. The van der Waals surface area contributed by atoms with Gasteiger partial charge in [-0.25, -0.2) is 9.59 Å². The summed E-state index contributed by atoms with van der Waals surface area (Å²) in [5.41, 5.74) is -0.241. The summed E-state index contributed by atoms with van der Waals surface area (Å²) >= 11 is 0. The summed E-state index contributed by atoms with van der Waals surface area (Å²) in [6.07, 6.45) is 1.58. The summed E-state index contributed by atoms with van der Waals surface area (Å²) in [6, 6.07) is 3.38. The molecule has 3 N–H and O–H groups in total. The normalized spacial score (nSPS) is 9.00. The first kappa shape index (κ1) is 10.5. The van der Waals surface area contributed by atoms with E-state index in [-0.39, 0.29) is 16.8 Å². The number of rotatable bonds is 3. The van der Waals surface area contributed by atoms with Crippen molar-refractivity contribution in [1.82, 2.24) is 0 Å². The van der Waals surface area contributed by atoms with Crippen LogP contribution in [-0.4, -0.2) is 22.2 Å². The molecule has 0 unspecified atom stereocenters. The van der Waals surface area contributed by atoms with Crippen LogP contribution in [0.4, 0.5) is 5.69 Å². The summed E-state index contributed by atoms with van der Waals surface area (Å²) in [7, 11) is 0. The van der Waals surface area contributed by atoms with E-state index in [2.05, 4.69) is 5.32 Å². The van der Waals surface area contributed by atoms with Gasteiger partial charge in [-0.1, -0.05) is 0 Å². The predicted octanol–water partition coefficient (Wildman–Crippen LogP) is 0.976. The van der Waals surface area contributed by atoms with Crippen molar-refractivity contribution in [1.29, 1.82) is 5.26 Å². The number of carboxylic acid groups (broad SMARTS) is 2. The number of benzene rings is 1. The van der Waals surface area contributed by atoms with E-state index < -0.39 is 11.9 Å². The average Bonchev–Trinajstić information content (AvgIpc) is 2.17. The Kier molecular flexibility index (Phi) is 2.88. The van der Waals surface area contributed by atoms with E-state index in [9.17, 15) is 9.59 Å². The van der Waals surface area contributed by atoms with Gasteiger partial charge in [0.25, 0.3) is 0 Å². The van der Waals surface area contributed by atoms with Gasteiger partial charge in [-0.15, -0.1) is 0 Å². The predicted molar refractivity (Wildman–Crippen MR) is 49.6 cm³/mol. The maximum Gasteiger partial charge on any atom is 0.335 e. The standard InChI is InChI=1S/C9H6N2O4/c10-4-11-7-2-5(8(12)13)1-6(3-7)9(14)15/h1-3,11H,(H,12,13)(H,14,15). The first-order valence-electron chi connectivity index (χ1n) is 3.81. The number of carboxylic acids is 2. The number of hydrogen-bond acceptors (Lipinski definition) is 4. The van der Waals surface area contributed by atoms with E-state index in [1.165, 1.54) is 12.1 Å². The quantitative estimate of drug-likeness (QED) is 0.502. The van der Waals surface area contributed by atoms with Gasteiger partial charge in [-0.3, -0.25) is 5.32 Å². The van der Waals surface area contributed by atoms with Gasteiger partial charge < -0.3 is 10.2 Å². The van der Waals surface area contributed by atoms with Crippen LogP contribution in [-0.2, 0) is 0 Å². The molecule has 76 valence electrons. The van der Waals surface area contributed by atoms with Gasteiger partial charge >= 0.3 is 11.9 Å².